The zero-order chi connectivity index (χ0) is 10.6. The van der Waals surface area contributed by atoms with Crippen LogP contribution in [0.15, 0.2) is 22.7 Å². The van der Waals surface area contributed by atoms with Crippen LogP contribution in [0.25, 0.3) is 0 Å². The first-order valence-electron chi connectivity index (χ1n) is 4.00. The van der Waals surface area contributed by atoms with E-state index < -0.39 is 6.09 Å². The van der Waals surface area contributed by atoms with E-state index >= 15 is 0 Å². The molecule has 0 fully saturated rings. The van der Waals surface area contributed by atoms with Crippen LogP contribution in [0.1, 0.15) is 5.56 Å². The number of halogens is 2. The molecule has 3 nitrogen and oxygen atoms in total. The summed E-state index contributed by atoms with van der Waals surface area (Å²) in [7, 11) is 0. The van der Waals surface area contributed by atoms with Gasteiger partial charge in [0.05, 0.1) is 5.02 Å². The summed E-state index contributed by atoms with van der Waals surface area (Å²) < 4.78 is 0.826. The number of hydrogen-bond donors (Lipinski definition) is 2. The number of hydrogen-bond acceptors (Lipinski definition) is 1. The van der Waals surface area contributed by atoms with E-state index in [0.29, 0.717) is 18.0 Å². The van der Waals surface area contributed by atoms with Gasteiger partial charge in [-0.05, 0) is 40.0 Å². The minimum Gasteiger partial charge on any atom is -0.465 e. The van der Waals surface area contributed by atoms with Crippen LogP contribution in [0, 0.1) is 0 Å². The Balaban J connectivity index is 2.51. The molecule has 0 spiro atoms. The van der Waals surface area contributed by atoms with Gasteiger partial charge in [-0.3, -0.25) is 0 Å². The second-order valence-electron chi connectivity index (χ2n) is 2.73. The fourth-order valence-electron chi connectivity index (χ4n) is 1.01. The molecule has 0 heterocycles. The zero-order valence-corrected chi connectivity index (χ0v) is 9.60. The fraction of sp³-hybridized carbons (Fsp3) is 0.222. The Bertz CT molecular complexity index is 344. The predicted octanol–water partition coefficient (Wildman–Crippen LogP) is 2.91. The van der Waals surface area contributed by atoms with E-state index in [4.69, 9.17) is 16.7 Å². The van der Waals surface area contributed by atoms with Gasteiger partial charge in [0.2, 0.25) is 0 Å². The summed E-state index contributed by atoms with van der Waals surface area (Å²) in [4.78, 5) is 10.2. The van der Waals surface area contributed by atoms with E-state index in [0.717, 1.165) is 10.0 Å². The molecule has 5 heteroatoms. The van der Waals surface area contributed by atoms with Crippen molar-refractivity contribution in [2.75, 3.05) is 6.54 Å². The minimum absolute atomic E-state index is 0.406. The molecule has 0 saturated heterocycles. The lowest BCUT2D eigenvalue weighted by Crippen LogP contribution is -2.23. The molecule has 14 heavy (non-hydrogen) atoms. The number of carboxylic acid groups (broad SMARTS) is 1. The average molecular weight is 279 g/mol. The molecule has 0 bridgehead atoms. The van der Waals surface area contributed by atoms with E-state index in [1.165, 1.54) is 0 Å². The number of nitrogens with one attached hydrogen (secondary N) is 1. The Hall–Kier alpha value is -0.740. The van der Waals surface area contributed by atoms with Crippen molar-refractivity contribution in [3.05, 3.63) is 33.3 Å². The molecule has 1 rings (SSSR count). The average Bonchev–Trinajstić information content (AvgIpc) is 2.10. The van der Waals surface area contributed by atoms with E-state index in [-0.39, 0.29) is 0 Å². The molecule has 0 atom stereocenters. The third kappa shape index (κ3) is 3.55. The van der Waals surface area contributed by atoms with Crippen molar-refractivity contribution in [3.8, 4) is 0 Å². The third-order valence-electron chi connectivity index (χ3n) is 1.67. The van der Waals surface area contributed by atoms with Crippen molar-refractivity contribution in [3.63, 3.8) is 0 Å². The molecule has 76 valence electrons. The fourth-order valence-corrected chi connectivity index (χ4v) is 1.55. The lowest BCUT2D eigenvalue weighted by Gasteiger charge is -2.03. The van der Waals surface area contributed by atoms with Crippen molar-refractivity contribution in [1.29, 1.82) is 0 Å². The number of rotatable bonds is 3. The van der Waals surface area contributed by atoms with Gasteiger partial charge in [0.25, 0.3) is 0 Å². The summed E-state index contributed by atoms with van der Waals surface area (Å²) in [5.74, 6) is 0. The molecule has 1 amide bonds. The van der Waals surface area contributed by atoms with Gasteiger partial charge in [-0.25, -0.2) is 4.79 Å². The molecule has 1 aromatic rings. The molecule has 0 radical (unpaired) electrons. The molecular weight excluding hydrogens is 269 g/mol. The SMILES string of the molecule is O=C(O)NCCc1ccc(Cl)c(Br)c1. The van der Waals surface area contributed by atoms with Gasteiger partial charge in [-0.15, -0.1) is 0 Å². The summed E-state index contributed by atoms with van der Waals surface area (Å²) in [5, 5.41) is 11.3. The van der Waals surface area contributed by atoms with Gasteiger partial charge in [0.1, 0.15) is 0 Å². The molecule has 0 saturated carbocycles. The lowest BCUT2D eigenvalue weighted by molar-refractivity contribution is 0.194. The van der Waals surface area contributed by atoms with Crippen LogP contribution in [0.5, 0.6) is 0 Å². The molecule has 0 aliphatic heterocycles. The number of amides is 1. The highest BCUT2D eigenvalue weighted by Crippen LogP contribution is 2.23. The summed E-state index contributed by atoms with van der Waals surface area (Å²) in [6.45, 7) is 0.406. The molecule has 0 aliphatic carbocycles. The maximum atomic E-state index is 10.2. The van der Waals surface area contributed by atoms with Crippen molar-refractivity contribution in [2.24, 2.45) is 0 Å². The highest BCUT2D eigenvalue weighted by atomic mass is 79.9. The molecule has 0 unspecified atom stereocenters. The predicted molar refractivity (Wildman–Crippen MR) is 58.9 cm³/mol. The van der Waals surface area contributed by atoms with Crippen LogP contribution in [0.4, 0.5) is 4.79 Å². The Morgan fingerprint density at radius 1 is 1.57 bits per heavy atom. The van der Waals surface area contributed by atoms with E-state index in [1.807, 2.05) is 12.1 Å². The summed E-state index contributed by atoms with van der Waals surface area (Å²) in [6.07, 6.45) is -0.347. The molecule has 0 aliphatic rings. The summed E-state index contributed by atoms with van der Waals surface area (Å²) in [5.41, 5.74) is 1.04. The van der Waals surface area contributed by atoms with Gasteiger partial charge >= 0.3 is 6.09 Å². The van der Waals surface area contributed by atoms with Crippen LogP contribution in [0.2, 0.25) is 5.02 Å². The summed E-state index contributed by atoms with van der Waals surface area (Å²) >= 11 is 9.11. The van der Waals surface area contributed by atoms with Crippen LogP contribution in [-0.2, 0) is 6.42 Å². The quantitative estimate of drug-likeness (QED) is 0.893. The number of benzene rings is 1. The molecule has 2 N–H and O–H groups in total. The van der Waals surface area contributed by atoms with E-state index in [1.54, 1.807) is 6.07 Å². The lowest BCUT2D eigenvalue weighted by atomic mass is 10.1. The zero-order valence-electron chi connectivity index (χ0n) is 7.26. The van der Waals surface area contributed by atoms with Gasteiger partial charge in [-0.1, -0.05) is 17.7 Å². The molecule has 0 aromatic heterocycles. The van der Waals surface area contributed by atoms with E-state index in [9.17, 15) is 4.79 Å². The van der Waals surface area contributed by atoms with Gasteiger partial charge in [0.15, 0.2) is 0 Å². The third-order valence-corrected chi connectivity index (χ3v) is 2.89. The van der Waals surface area contributed by atoms with Crippen molar-refractivity contribution >= 4 is 33.6 Å². The van der Waals surface area contributed by atoms with Crippen molar-refractivity contribution < 1.29 is 9.90 Å². The van der Waals surface area contributed by atoms with Crippen LogP contribution < -0.4 is 5.32 Å². The second-order valence-corrected chi connectivity index (χ2v) is 3.99. The Morgan fingerprint density at radius 3 is 2.86 bits per heavy atom. The maximum absolute atomic E-state index is 10.2. The number of carbonyl (C=O) groups is 1. The highest BCUT2D eigenvalue weighted by Gasteiger charge is 1.99. The maximum Gasteiger partial charge on any atom is 0.404 e. The van der Waals surface area contributed by atoms with Crippen LogP contribution in [0.3, 0.4) is 0 Å². The van der Waals surface area contributed by atoms with E-state index in [2.05, 4.69) is 21.2 Å². The largest absolute Gasteiger partial charge is 0.465 e. The van der Waals surface area contributed by atoms with Gasteiger partial charge in [0, 0.05) is 11.0 Å². The normalized spacial score (nSPS) is 9.86. The first-order chi connectivity index (χ1) is 6.59. The Labute approximate surface area is 95.2 Å². The second kappa shape index (κ2) is 5.22. The van der Waals surface area contributed by atoms with Crippen LogP contribution in [-0.4, -0.2) is 17.7 Å². The molecule has 1 aromatic carbocycles. The first kappa shape index (κ1) is 11.3. The first-order valence-corrected chi connectivity index (χ1v) is 5.17. The Morgan fingerprint density at radius 2 is 2.29 bits per heavy atom. The summed E-state index contributed by atoms with van der Waals surface area (Å²) in [6, 6.07) is 5.53. The molecular formula is C9H9BrClNO2. The minimum atomic E-state index is -1.00. The van der Waals surface area contributed by atoms with Gasteiger partial charge in [-0.2, -0.15) is 0 Å². The van der Waals surface area contributed by atoms with Crippen molar-refractivity contribution in [1.82, 2.24) is 5.32 Å². The smallest absolute Gasteiger partial charge is 0.404 e. The van der Waals surface area contributed by atoms with Gasteiger partial charge < -0.3 is 10.4 Å². The monoisotopic (exact) mass is 277 g/mol. The standard InChI is InChI=1S/C9H9BrClNO2/c10-7-5-6(1-2-8(7)11)3-4-12-9(13)14/h1-2,5,12H,3-4H2,(H,13,14). The van der Waals surface area contributed by atoms with Crippen LogP contribution >= 0.6 is 27.5 Å². The topological polar surface area (TPSA) is 49.3 Å². The van der Waals surface area contributed by atoms with Crippen molar-refractivity contribution in [2.45, 2.75) is 6.42 Å². The Kier molecular flexibility index (Phi) is 4.22. The highest BCUT2D eigenvalue weighted by molar-refractivity contribution is 9.10.